The Bertz CT molecular complexity index is 1890. The number of hydrogen-bond acceptors (Lipinski definition) is 5. The van der Waals surface area contributed by atoms with Crippen LogP contribution in [0.25, 0.3) is 0 Å². The average molecular weight is 751 g/mol. The molecule has 234 valence electrons. The number of phenols is 1. The van der Waals surface area contributed by atoms with Gasteiger partial charge in [0.05, 0.1) is 39.6 Å². The molecule has 4 amide bonds. The third-order valence-corrected chi connectivity index (χ3v) is 11.4. The Balaban J connectivity index is 1.39. The Hall–Kier alpha value is -3.83. The van der Waals surface area contributed by atoms with Crippen molar-refractivity contribution in [1.29, 1.82) is 0 Å². The second-order valence-corrected chi connectivity index (χ2v) is 14.2. The van der Waals surface area contributed by atoms with Gasteiger partial charge in [-0.3, -0.25) is 24.1 Å². The number of aromatic hydroxyl groups is 1. The Kier molecular flexibility index (Phi) is 7.47. The summed E-state index contributed by atoms with van der Waals surface area (Å²) in [5, 5.41) is 11.4. The van der Waals surface area contributed by atoms with Crippen LogP contribution in [0.15, 0.2) is 85.0 Å². The molecule has 0 bridgehead atoms. The lowest BCUT2D eigenvalue weighted by molar-refractivity contribution is -0.131. The molecule has 1 N–H and O–H groups in total. The van der Waals surface area contributed by atoms with Crippen LogP contribution in [0.2, 0.25) is 5.02 Å². The number of benzene rings is 3. The van der Waals surface area contributed by atoms with Crippen molar-refractivity contribution < 1.29 is 28.7 Å². The van der Waals surface area contributed by atoms with E-state index < -0.39 is 52.6 Å². The monoisotopic (exact) mass is 750 g/mol. The third kappa shape index (κ3) is 4.34. The molecule has 6 atom stereocenters. The van der Waals surface area contributed by atoms with E-state index in [4.69, 9.17) is 11.6 Å². The first kappa shape index (κ1) is 30.8. The number of allylic oxidation sites excluding steroid dienone is 3. The number of rotatable bonds is 5. The van der Waals surface area contributed by atoms with Gasteiger partial charge >= 0.3 is 0 Å². The lowest BCUT2D eigenvalue weighted by Gasteiger charge is -2.49. The summed E-state index contributed by atoms with van der Waals surface area (Å²) in [6.07, 6.45) is 4.43. The number of para-hydroxylation sites is 1. The van der Waals surface area contributed by atoms with Crippen LogP contribution in [0.4, 0.5) is 15.8 Å². The molecular formula is C36H29ClFIN2O5. The van der Waals surface area contributed by atoms with Gasteiger partial charge in [-0.1, -0.05) is 47.5 Å². The van der Waals surface area contributed by atoms with E-state index in [1.807, 2.05) is 18.2 Å². The van der Waals surface area contributed by atoms with Crippen molar-refractivity contribution in [2.45, 2.75) is 32.1 Å². The van der Waals surface area contributed by atoms with Gasteiger partial charge in [0.15, 0.2) is 0 Å². The lowest BCUT2D eigenvalue weighted by atomic mass is 9.51. The number of halogens is 3. The maximum Gasteiger partial charge on any atom is 0.241 e. The minimum absolute atomic E-state index is 0.00564. The van der Waals surface area contributed by atoms with Gasteiger partial charge < -0.3 is 5.11 Å². The van der Waals surface area contributed by atoms with Crippen molar-refractivity contribution in [2.75, 3.05) is 9.80 Å². The summed E-state index contributed by atoms with van der Waals surface area (Å²) in [5.41, 5.74) is 1.11. The molecule has 3 aromatic carbocycles. The molecule has 3 fully saturated rings. The SMILES string of the molecule is C=CCc1cccc(C2C3=CCC4C(=O)N(c5ccc(I)cc5)C(=O)C4C3CC3C(=O)N(c4ccc(F)c(Cl)c4)C(=O)C32C)c1O. The number of imide groups is 2. The van der Waals surface area contributed by atoms with E-state index in [1.54, 1.807) is 43.3 Å². The largest absolute Gasteiger partial charge is 0.507 e. The summed E-state index contributed by atoms with van der Waals surface area (Å²) < 4.78 is 15.1. The molecule has 0 aromatic heterocycles. The summed E-state index contributed by atoms with van der Waals surface area (Å²) >= 11 is 8.24. The van der Waals surface area contributed by atoms with Crippen LogP contribution < -0.4 is 9.80 Å². The number of carbonyl (C=O) groups is 4. The standard InChI is InChI=1S/C36H29ClFIN2O5/c1-3-5-18-6-4-7-24(31(18)42)30-22-13-14-23-29(34(45)40(32(23)43)20-10-8-19(39)9-11-20)25(22)17-26-33(44)41(35(46)36(26,30)2)21-12-15-28(38)27(37)16-21/h3-4,6-13,15-16,23,25-26,29-30,42H,1,5,14,17H2,2H3. The van der Waals surface area contributed by atoms with Gasteiger partial charge in [-0.25, -0.2) is 9.29 Å². The van der Waals surface area contributed by atoms with Crippen LogP contribution in [0.5, 0.6) is 5.75 Å². The van der Waals surface area contributed by atoms with Crippen LogP contribution in [0.3, 0.4) is 0 Å². The molecular weight excluding hydrogens is 722 g/mol. The van der Waals surface area contributed by atoms with Crippen molar-refractivity contribution in [3.63, 3.8) is 0 Å². The highest BCUT2D eigenvalue weighted by molar-refractivity contribution is 14.1. The zero-order valence-corrected chi connectivity index (χ0v) is 27.7. The molecule has 1 saturated carbocycles. The van der Waals surface area contributed by atoms with Gasteiger partial charge in [-0.2, -0.15) is 0 Å². The van der Waals surface area contributed by atoms with Crippen molar-refractivity contribution in [2.24, 2.45) is 29.1 Å². The molecule has 2 heterocycles. The Labute approximate surface area is 283 Å². The van der Waals surface area contributed by atoms with E-state index in [1.165, 1.54) is 17.0 Å². The van der Waals surface area contributed by atoms with Crippen molar-refractivity contribution in [1.82, 2.24) is 0 Å². The average Bonchev–Trinajstić information content (AvgIpc) is 3.40. The highest BCUT2D eigenvalue weighted by Crippen LogP contribution is 2.64. The van der Waals surface area contributed by atoms with E-state index in [-0.39, 0.29) is 41.1 Å². The van der Waals surface area contributed by atoms with Crippen LogP contribution >= 0.6 is 34.2 Å². The summed E-state index contributed by atoms with van der Waals surface area (Å²) in [6.45, 7) is 5.53. The molecule has 7 rings (SSSR count). The number of amides is 4. The molecule has 10 heteroatoms. The Morgan fingerprint density at radius 2 is 1.72 bits per heavy atom. The fourth-order valence-corrected chi connectivity index (χ4v) is 8.77. The normalized spacial score (nSPS) is 28.6. The van der Waals surface area contributed by atoms with Crippen LogP contribution in [-0.4, -0.2) is 28.7 Å². The van der Waals surface area contributed by atoms with Crippen LogP contribution in [0.1, 0.15) is 36.8 Å². The molecule has 2 aliphatic carbocycles. The quantitative estimate of drug-likeness (QED) is 0.173. The fourth-order valence-electron chi connectivity index (χ4n) is 8.24. The van der Waals surface area contributed by atoms with E-state index in [0.29, 0.717) is 23.2 Å². The molecule has 7 nitrogen and oxygen atoms in total. The Morgan fingerprint density at radius 3 is 2.41 bits per heavy atom. The van der Waals surface area contributed by atoms with Crippen LogP contribution in [-0.2, 0) is 25.6 Å². The first-order valence-corrected chi connectivity index (χ1v) is 16.5. The van der Waals surface area contributed by atoms with E-state index in [2.05, 4.69) is 29.2 Å². The number of fused-ring (bicyclic) bond motifs is 4. The van der Waals surface area contributed by atoms with Crippen molar-refractivity contribution >= 4 is 69.2 Å². The molecule has 2 saturated heterocycles. The van der Waals surface area contributed by atoms with Crippen LogP contribution in [0, 0.1) is 38.5 Å². The highest BCUT2D eigenvalue weighted by atomic mass is 127. The second kappa shape index (κ2) is 11.2. The van der Waals surface area contributed by atoms with Gasteiger partial charge in [0, 0.05) is 15.1 Å². The fraction of sp³-hybridized carbons (Fsp3) is 0.278. The lowest BCUT2D eigenvalue weighted by Crippen LogP contribution is -2.49. The van der Waals surface area contributed by atoms with Crippen molar-refractivity contribution in [3.8, 4) is 5.75 Å². The highest BCUT2D eigenvalue weighted by Gasteiger charge is 2.68. The molecule has 2 aliphatic heterocycles. The zero-order valence-electron chi connectivity index (χ0n) is 24.8. The number of phenolic OH excluding ortho intramolecular Hbond substituents is 1. The molecule has 3 aromatic rings. The number of anilines is 2. The predicted molar refractivity (Wildman–Crippen MR) is 180 cm³/mol. The third-order valence-electron chi connectivity index (χ3n) is 10.3. The summed E-state index contributed by atoms with van der Waals surface area (Å²) in [7, 11) is 0. The zero-order chi connectivity index (χ0) is 32.7. The molecule has 0 spiro atoms. The van der Waals surface area contributed by atoms with Crippen molar-refractivity contribution in [3.05, 3.63) is 111 Å². The predicted octanol–water partition coefficient (Wildman–Crippen LogP) is 6.95. The van der Waals surface area contributed by atoms with Gasteiger partial charge in [-0.05, 0) is 103 Å². The summed E-state index contributed by atoms with van der Waals surface area (Å²) in [6, 6.07) is 16.2. The summed E-state index contributed by atoms with van der Waals surface area (Å²) in [4.78, 5) is 59.2. The minimum Gasteiger partial charge on any atom is -0.507 e. The first-order chi connectivity index (χ1) is 22.0. The van der Waals surface area contributed by atoms with Gasteiger partial charge in [-0.15, -0.1) is 6.58 Å². The van der Waals surface area contributed by atoms with E-state index in [9.17, 15) is 28.7 Å². The number of hydrogen-bond donors (Lipinski definition) is 1. The topological polar surface area (TPSA) is 95.0 Å². The number of nitrogens with zero attached hydrogens (tertiary/aromatic N) is 2. The molecule has 6 unspecified atom stereocenters. The second-order valence-electron chi connectivity index (χ2n) is 12.6. The van der Waals surface area contributed by atoms with Gasteiger partial charge in [0.1, 0.15) is 11.6 Å². The van der Waals surface area contributed by atoms with E-state index in [0.717, 1.165) is 20.1 Å². The molecule has 0 radical (unpaired) electrons. The molecule has 46 heavy (non-hydrogen) atoms. The smallest absolute Gasteiger partial charge is 0.241 e. The van der Waals surface area contributed by atoms with Gasteiger partial charge in [0.2, 0.25) is 23.6 Å². The maximum atomic E-state index is 14.6. The molecule has 4 aliphatic rings. The summed E-state index contributed by atoms with van der Waals surface area (Å²) in [5.74, 6) is -5.88. The Morgan fingerprint density at radius 1 is 1.00 bits per heavy atom. The first-order valence-electron chi connectivity index (χ1n) is 15.1. The number of carbonyl (C=O) groups excluding carboxylic acids is 4. The van der Waals surface area contributed by atoms with Gasteiger partial charge in [0.25, 0.3) is 0 Å². The van der Waals surface area contributed by atoms with E-state index >= 15 is 0 Å². The minimum atomic E-state index is -1.36. The maximum absolute atomic E-state index is 14.6.